The maximum Gasteiger partial charge on any atom is 0.235 e. The molecule has 3 rings (SSSR count). The van der Waals surface area contributed by atoms with Gasteiger partial charge in [0.1, 0.15) is 0 Å². The summed E-state index contributed by atoms with van der Waals surface area (Å²) in [6.07, 6.45) is 9.33. The quantitative estimate of drug-likeness (QED) is 0.570. The second kappa shape index (κ2) is 6.43. The first kappa shape index (κ1) is 15.6. The molecule has 0 bridgehead atoms. The molecule has 1 aromatic rings. The Morgan fingerprint density at radius 2 is 1.95 bits per heavy atom. The lowest BCUT2D eigenvalue weighted by molar-refractivity contribution is 0.115. The van der Waals surface area contributed by atoms with Crippen LogP contribution in [0.5, 0.6) is 11.5 Å². The minimum absolute atomic E-state index is 0.275. The number of rotatable bonds is 5. The maximum absolute atomic E-state index is 10.9. The molecule has 0 amide bonds. The van der Waals surface area contributed by atoms with E-state index in [2.05, 4.69) is 20.9 Å². The molecule has 0 radical (unpaired) electrons. The van der Waals surface area contributed by atoms with Gasteiger partial charge in [-0.2, -0.15) is 4.99 Å². The number of isocyanates is 1. The molecule has 0 unspecified atom stereocenters. The van der Waals surface area contributed by atoms with Gasteiger partial charge >= 0.3 is 0 Å². The van der Waals surface area contributed by atoms with Gasteiger partial charge in [-0.1, -0.05) is 28.8 Å². The van der Waals surface area contributed by atoms with Crippen molar-refractivity contribution in [2.45, 2.75) is 56.6 Å². The van der Waals surface area contributed by atoms with Gasteiger partial charge < -0.3 is 9.47 Å². The van der Waals surface area contributed by atoms with Crippen LogP contribution in [0.25, 0.3) is 0 Å². The number of aliphatic imine (C=N–C) groups is 1. The first-order valence-corrected chi connectivity index (χ1v) is 8.61. The molecule has 2 fully saturated rings. The van der Waals surface area contributed by atoms with E-state index < -0.39 is 5.54 Å². The SMILES string of the molecule is COc1cc(Br)c(C2(N=C=O)CCCC2)cc1OC1CCC1. The highest BCUT2D eigenvalue weighted by atomic mass is 79.9. The minimum Gasteiger partial charge on any atom is -0.493 e. The van der Waals surface area contributed by atoms with Crippen molar-refractivity contribution in [3.63, 3.8) is 0 Å². The summed E-state index contributed by atoms with van der Waals surface area (Å²) in [5.41, 5.74) is 0.536. The van der Waals surface area contributed by atoms with E-state index in [9.17, 15) is 4.79 Å². The highest BCUT2D eigenvalue weighted by molar-refractivity contribution is 9.10. The van der Waals surface area contributed by atoms with Crippen LogP contribution >= 0.6 is 15.9 Å². The summed E-state index contributed by atoms with van der Waals surface area (Å²) in [5, 5.41) is 0. The van der Waals surface area contributed by atoms with E-state index in [-0.39, 0.29) is 6.10 Å². The fourth-order valence-electron chi connectivity index (χ4n) is 3.30. The second-order valence-electron chi connectivity index (χ2n) is 6.10. The van der Waals surface area contributed by atoms with E-state index in [1.54, 1.807) is 13.2 Å². The zero-order valence-corrected chi connectivity index (χ0v) is 14.3. The third-order valence-corrected chi connectivity index (χ3v) is 5.45. The van der Waals surface area contributed by atoms with Crippen molar-refractivity contribution >= 4 is 22.0 Å². The van der Waals surface area contributed by atoms with Gasteiger partial charge in [-0.25, -0.2) is 4.79 Å². The molecule has 0 atom stereocenters. The standard InChI is InChI=1S/C17H20BrNO3/c1-21-15-10-14(18)13(9-16(15)22-12-5-4-6-12)17(19-11-20)7-2-3-8-17/h9-10,12H,2-8H2,1H3. The number of benzene rings is 1. The van der Waals surface area contributed by atoms with Crippen molar-refractivity contribution in [1.29, 1.82) is 0 Å². The highest BCUT2D eigenvalue weighted by Crippen LogP contribution is 2.48. The average Bonchev–Trinajstić information content (AvgIpc) is 2.93. The third kappa shape index (κ3) is 2.80. The number of halogens is 1. The first-order chi connectivity index (χ1) is 10.7. The van der Waals surface area contributed by atoms with Gasteiger partial charge in [-0.05, 0) is 49.8 Å². The summed E-state index contributed by atoms with van der Waals surface area (Å²) >= 11 is 3.61. The van der Waals surface area contributed by atoms with Crippen LogP contribution < -0.4 is 9.47 Å². The predicted octanol–water partition coefficient (Wildman–Crippen LogP) is 4.49. The van der Waals surface area contributed by atoms with Crippen LogP contribution in [0.3, 0.4) is 0 Å². The Bertz CT molecular complexity index is 600. The van der Waals surface area contributed by atoms with Crippen LogP contribution in [0.2, 0.25) is 0 Å². The zero-order chi connectivity index (χ0) is 15.6. The van der Waals surface area contributed by atoms with Gasteiger partial charge in [-0.15, -0.1) is 0 Å². The molecular weight excluding hydrogens is 346 g/mol. The Hall–Kier alpha value is -1.32. The Morgan fingerprint density at radius 3 is 2.50 bits per heavy atom. The Morgan fingerprint density at radius 1 is 1.23 bits per heavy atom. The van der Waals surface area contributed by atoms with Gasteiger partial charge in [0.05, 0.1) is 18.8 Å². The number of nitrogens with zero attached hydrogens (tertiary/aromatic N) is 1. The molecular formula is C17H20BrNO3. The lowest BCUT2D eigenvalue weighted by atomic mass is 9.88. The molecule has 22 heavy (non-hydrogen) atoms. The third-order valence-electron chi connectivity index (χ3n) is 4.79. The number of carbonyl (C=O) groups excluding carboxylic acids is 1. The topological polar surface area (TPSA) is 47.9 Å². The van der Waals surface area contributed by atoms with Crippen molar-refractivity contribution in [2.24, 2.45) is 4.99 Å². The lowest BCUT2D eigenvalue weighted by Gasteiger charge is -2.29. The minimum atomic E-state index is -0.468. The van der Waals surface area contributed by atoms with Crippen LogP contribution in [0.15, 0.2) is 21.6 Å². The van der Waals surface area contributed by atoms with Gasteiger partial charge in [0.2, 0.25) is 6.08 Å². The first-order valence-electron chi connectivity index (χ1n) is 7.82. The summed E-state index contributed by atoms with van der Waals surface area (Å²) in [7, 11) is 1.64. The highest BCUT2D eigenvalue weighted by Gasteiger charge is 2.38. The summed E-state index contributed by atoms with van der Waals surface area (Å²) < 4.78 is 12.4. The van der Waals surface area contributed by atoms with Gasteiger partial charge in [-0.3, -0.25) is 0 Å². The lowest BCUT2D eigenvalue weighted by Crippen LogP contribution is -2.25. The molecule has 2 saturated carbocycles. The average molecular weight is 366 g/mol. The van der Waals surface area contributed by atoms with Crippen LogP contribution in [-0.4, -0.2) is 19.3 Å². The number of methoxy groups -OCH3 is 1. The molecule has 2 aliphatic rings. The molecule has 1 aromatic carbocycles. The van der Waals surface area contributed by atoms with Crippen molar-refractivity contribution in [3.8, 4) is 11.5 Å². The Labute approximate surface area is 139 Å². The van der Waals surface area contributed by atoms with Crippen LogP contribution in [-0.2, 0) is 10.3 Å². The molecule has 4 nitrogen and oxygen atoms in total. The van der Waals surface area contributed by atoms with Gasteiger partial charge in [0, 0.05) is 4.47 Å². The maximum atomic E-state index is 10.9. The molecule has 0 aromatic heterocycles. The predicted molar refractivity (Wildman–Crippen MR) is 87.2 cm³/mol. The fourth-order valence-corrected chi connectivity index (χ4v) is 3.99. The van der Waals surface area contributed by atoms with E-state index in [0.717, 1.165) is 54.3 Å². The van der Waals surface area contributed by atoms with E-state index in [4.69, 9.17) is 9.47 Å². The Kier molecular flexibility index (Phi) is 4.55. The molecule has 118 valence electrons. The van der Waals surface area contributed by atoms with E-state index in [1.165, 1.54) is 6.42 Å². The van der Waals surface area contributed by atoms with Crippen LogP contribution in [0.4, 0.5) is 0 Å². The fraction of sp³-hybridized carbons (Fsp3) is 0.588. The van der Waals surface area contributed by atoms with Crippen molar-refractivity contribution in [2.75, 3.05) is 7.11 Å². The largest absolute Gasteiger partial charge is 0.493 e. The molecule has 5 heteroatoms. The smallest absolute Gasteiger partial charge is 0.235 e. The van der Waals surface area contributed by atoms with Crippen LogP contribution in [0, 0.1) is 0 Å². The summed E-state index contributed by atoms with van der Waals surface area (Å²) in [4.78, 5) is 15.1. The Balaban J connectivity index is 2.02. The number of hydrogen-bond donors (Lipinski definition) is 0. The normalized spacial score (nSPS) is 20.1. The second-order valence-corrected chi connectivity index (χ2v) is 6.95. The van der Waals surface area contributed by atoms with Gasteiger partial charge in [0.25, 0.3) is 0 Å². The molecule has 0 saturated heterocycles. The van der Waals surface area contributed by atoms with Crippen molar-refractivity contribution < 1.29 is 14.3 Å². The number of ether oxygens (including phenoxy) is 2. The molecule has 2 aliphatic carbocycles. The van der Waals surface area contributed by atoms with E-state index >= 15 is 0 Å². The van der Waals surface area contributed by atoms with Crippen molar-refractivity contribution in [1.82, 2.24) is 0 Å². The molecule has 0 N–H and O–H groups in total. The monoisotopic (exact) mass is 365 g/mol. The number of hydrogen-bond acceptors (Lipinski definition) is 4. The molecule has 0 heterocycles. The van der Waals surface area contributed by atoms with Crippen LogP contribution in [0.1, 0.15) is 50.5 Å². The molecule has 0 aliphatic heterocycles. The van der Waals surface area contributed by atoms with E-state index in [1.807, 2.05) is 12.1 Å². The van der Waals surface area contributed by atoms with Gasteiger partial charge in [0.15, 0.2) is 11.5 Å². The summed E-state index contributed by atoms with van der Waals surface area (Å²) in [6, 6.07) is 3.91. The summed E-state index contributed by atoms with van der Waals surface area (Å²) in [6.45, 7) is 0. The van der Waals surface area contributed by atoms with E-state index in [0.29, 0.717) is 5.75 Å². The zero-order valence-electron chi connectivity index (χ0n) is 12.7. The molecule has 0 spiro atoms. The van der Waals surface area contributed by atoms with Crippen molar-refractivity contribution in [3.05, 3.63) is 22.2 Å². The summed E-state index contributed by atoms with van der Waals surface area (Å²) in [5.74, 6) is 1.46.